The Morgan fingerprint density at radius 1 is 1.67 bits per heavy atom. The highest BCUT2D eigenvalue weighted by Gasteiger charge is 2.14. The Kier molecular flexibility index (Phi) is 2.49. The molecule has 54 valence electrons. The minimum absolute atomic E-state index is 0.638. The van der Waals surface area contributed by atoms with E-state index in [1.54, 1.807) is 0 Å². The highest BCUT2D eigenvalue weighted by molar-refractivity contribution is 4.70. The van der Waals surface area contributed by atoms with Gasteiger partial charge >= 0.3 is 0 Å². The number of hydrogen-bond acceptors (Lipinski definition) is 2. The largest absolute Gasteiger partial charge is 0.302 e. The summed E-state index contributed by atoms with van der Waals surface area (Å²) in [6, 6.07) is 0. The molecule has 1 aliphatic heterocycles. The topological polar surface area (TPSA) is 15.3 Å². The van der Waals surface area contributed by atoms with Gasteiger partial charge in [0, 0.05) is 6.54 Å². The number of rotatable bonds is 1. The van der Waals surface area contributed by atoms with Crippen LogP contribution in [0.2, 0.25) is 0 Å². The minimum Gasteiger partial charge on any atom is -0.302 e. The van der Waals surface area contributed by atoms with E-state index in [2.05, 4.69) is 24.2 Å². The van der Waals surface area contributed by atoms with Crippen molar-refractivity contribution in [3.05, 3.63) is 0 Å². The minimum atomic E-state index is 0.638. The summed E-state index contributed by atoms with van der Waals surface area (Å²) < 4.78 is 0. The quantitative estimate of drug-likeness (QED) is 0.557. The van der Waals surface area contributed by atoms with Crippen LogP contribution in [0, 0.1) is 0 Å². The fraction of sp³-hybridized carbons (Fsp3) is 1.00. The molecule has 1 fully saturated rings. The van der Waals surface area contributed by atoms with Crippen molar-refractivity contribution >= 4 is 0 Å². The molecule has 0 bridgehead atoms. The van der Waals surface area contributed by atoms with E-state index in [1.165, 1.54) is 25.9 Å². The van der Waals surface area contributed by atoms with E-state index in [0.717, 1.165) is 0 Å². The summed E-state index contributed by atoms with van der Waals surface area (Å²) in [5, 5.41) is 3.44. The maximum Gasteiger partial charge on any atom is 0.0591 e. The fourth-order valence-corrected chi connectivity index (χ4v) is 1.36. The monoisotopic (exact) mass is 128 g/mol. The molecule has 0 spiro atoms. The van der Waals surface area contributed by atoms with E-state index in [1.807, 2.05) is 0 Å². The Balaban J connectivity index is 2.30. The Bertz CT molecular complexity index is 83.0. The molecule has 0 amide bonds. The summed E-state index contributed by atoms with van der Waals surface area (Å²) in [6.07, 6.45) is 3.16. The second-order valence-corrected chi connectivity index (χ2v) is 2.71. The van der Waals surface area contributed by atoms with Gasteiger partial charge in [0.05, 0.1) is 6.17 Å². The van der Waals surface area contributed by atoms with Crippen molar-refractivity contribution in [1.29, 1.82) is 0 Å². The predicted octanol–water partition coefficient (Wildman–Crippen LogP) is 0.648. The Morgan fingerprint density at radius 2 is 2.44 bits per heavy atom. The van der Waals surface area contributed by atoms with Crippen molar-refractivity contribution in [1.82, 2.24) is 10.2 Å². The molecule has 1 rings (SSSR count). The molecule has 0 saturated carbocycles. The van der Waals surface area contributed by atoms with Gasteiger partial charge in [0.15, 0.2) is 0 Å². The first-order chi connectivity index (χ1) is 4.34. The molecule has 1 saturated heterocycles. The van der Waals surface area contributed by atoms with Crippen molar-refractivity contribution < 1.29 is 0 Å². The lowest BCUT2D eigenvalue weighted by atomic mass is 10.2. The lowest BCUT2D eigenvalue weighted by Crippen LogP contribution is -2.48. The Hall–Kier alpha value is -0.0800. The average molecular weight is 128 g/mol. The lowest BCUT2D eigenvalue weighted by molar-refractivity contribution is 0.161. The van der Waals surface area contributed by atoms with Crippen LogP contribution in [-0.4, -0.2) is 31.2 Å². The SMILES string of the molecule is CC[C@@H]1NCCCN1C. The molecule has 1 aliphatic rings. The lowest BCUT2D eigenvalue weighted by Gasteiger charge is -2.32. The van der Waals surface area contributed by atoms with Crippen LogP contribution in [0.1, 0.15) is 19.8 Å². The van der Waals surface area contributed by atoms with Crippen molar-refractivity contribution in [3.8, 4) is 0 Å². The molecule has 0 unspecified atom stereocenters. The number of nitrogens with zero attached hydrogens (tertiary/aromatic N) is 1. The first-order valence-electron chi connectivity index (χ1n) is 3.78. The summed E-state index contributed by atoms with van der Waals surface area (Å²) in [5.74, 6) is 0. The standard InChI is InChI=1S/C7H16N2/c1-3-7-8-5-4-6-9(7)2/h7-8H,3-6H2,1-2H3/t7-/m1/s1. The second-order valence-electron chi connectivity index (χ2n) is 2.71. The number of hydrogen-bond donors (Lipinski definition) is 1. The maximum absolute atomic E-state index is 3.44. The van der Waals surface area contributed by atoms with Gasteiger partial charge < -0.3 is 5.32 Å². The molecule has 0 aromatic carbocycles. The van der Waals surface area contributed by atoms with Crippen LogP contribution in [0.15, 0.2) is 0 Å². The van der Waals surface area contributed by atoms with E-state index in [-0.39, 0.29) is 0 Å². The fourth-order valence-electron chi connectivity index (χ4n) is 1.36. The first kappa shape index (κ1) is 7.03. The summed E-state index contributed by atoms with van der Waals surface area (Å²) in [5.41, 5.74) is 0. The van der Waals surface area contributed by atoms with Gasteiger partial charge in [0.2, 0.25) is 0 Å². The first-order valence-corrected chi connectivity index (χ1v) is 3.78. The van der Waals surface area contributed by atoms with Crippen LogP contribution in [-0.2, 0) is 0 Å². The third-order valence-corrected chi connectivity index (χ3v) is 1.99. The smallest absolute Gasteiger partial charge is 0.0591 e. The van der Waals surface area contributed by atoms with Gasteiger partial charge in [0.25, 0.3) is 0 Å². The highest BCUT2D eigenvalue weighted by Crippen LogP contribution is 2.03. The highest BCUT2D eigenvalue weighted by atomic mass is 15.3. The van der Waals surface area contributed by atoms with E-state index in [4.69, 9.17) is 0 Å². The molecule has 2 nitrogen and oxygen atoms in total. The van der Waals surface area contributed by atoms with Crippen LogP contribution in [0.3, 0.4) is 0 Å². The van der Waals surface area contributed by atoms with Crippen molar-refractivity contribution in [2.45, 2.75) is 25.9 Å². The molecule has 0 aromatic heterocycles. The molecule has 1 atom stereocenters. The van der Waals surface area contributed by atoms with E-state index >= 15 is 0 Å². The third kappa shape index (κ3) is 1.66. The molecule has 0 aliphatic carbocycles. The molecular formula is C7H16N2. The summed E-state index contributed by atoms with van der Waals surface area (Å²) in [7, 11) is 2.18. The molecule has 9 heavy (non-hydrogen) atoms. The zero-order chi connectivity index (χ0) is 6.69. The zero-order valence-electron chi connectivity index (χ0n) is 6.35. The maximum atomic E-state index is 3.44. The Morgan fingerprint density at radius 3 is 2.89 bits per heavy atom. The normalized spacial score (nSPS) is 30.7. The van der Waals surface area contributed by atoms with Gasteiger partial charge in [-0.15, -0.1) is 0 Å². The molecule has 2 heteroatoms. The summed E-state index contributed by atoms with van der Waals surface area (Å²) in [6.45, 7) is 4.67. The molecule has 0 radical (unpaired) electrons. The van der Waals surface area contributed by atoms with Crippen molar-refractivity contribution in [3.63, 3.8) is 0 Å². The Labute approximate surface area is 57.2 Å². The van der Waals surface area contributed by atoms with Gasteiger partial charge in [-0.25, -0.2) is 0 Å². The van der Waals surface area contributed by atoms with E-state index < -0.39 is 0 Å². The van der Waals surface area contributed by atoms with Crippen LogP contribution < -0.4 is 5.32 Å². The van der Waals surface area contributed by atoms with Gasteiger partial charge in [-0.05, 0) is 26.4 Å². The molecular weight excluding hydrogens is 112 g/mol. The molecule has 0 aromatic rings. The van der Waals surface area contributed by atoms with E-state index in [9.17, 15) is 0 Å². The van der Waals surface area contributed by atoms with Gasteiger partial charge in [-0.1, -0.05) is 6.92 Å². The summed E-state index contributed by atoms with van der Waals surface area (Å²) >= 11 is 0. The van der Waals surface area contributed by atoms with Crippen molar-refractivity contribution in [2.24, 2.45) is 0 Å². The van der Waals surface area contributed by atoms with Crippen molar-refractivity contribution in [2.75, 3.05) is 20.1 Å². The molecule has 1 N–H and O–H groups in total. The van der Waals surface area contributed by atoms with Crippen LogP contribution in [0.4, 0.5) is 0 Å². The average Bonchev–Trinajstić information content (AvgIpc) is 1.89. The van der Waals surface area contributed by atoms with Gasteiger partial charge in [-0.3, -0.25) is 4.90 Å². The zero-order valence-corrected chi connectivity index (χ0v) is 6.35. The summed E-state index contributed by atoms with van der Waals surface area (Å²) in [4.78, 5) is 2.38. The van der Waals surface area contributed by atoms with Gasteiger partial charge in [0.1, 0.15) is 0 Å². The van der Waals surface area contributed by atoms with Crippen LogP contribution in [0.5, 0.6) is 0 Å². The number of nitrogens with one attached hydrogen (secondary N) is 1. The van der Waals surface area contributed by atoms with E-state index in [0.29, 0.717) is 6.17 Å². The third-order valence-electron chi connectivity index (χ3n) is 1.99. The van der Waals surface area contributed by atoms with Crippen LogP contribution >= 0.6 is 0 Å². The van der Waals surface area contributed by atoms with Crippen LogP contribution in [0.25, 0.3) is 0 Å². The predicted molar refractivity (Wildman–Crippen MR) is 39.3 cm³/mol. The van der Waals surface area contributed by atoms with Gasteiger partial charge in [-0.2, -0.15) is 0 Å². The second kappa shape index (κ2) is 3.18. The molecule has 1 heterocycles.